The van der Waals surface area contributed by atoms with E-state index < -0.39 is 0 Å². The molecule has 1 aliphatic heterocycles. The van der Waals surface area contributed by atoms with Crippen molar-refractivity contribution in [1.82, 2.24) is 45.6 Å². The van der Waals surface area contributed by atoms with Gasteiger partial charge in [0.2, 0.25) is 5.91 Å². The Labute approximate surface area is 294 Å². The highest BCUT2D eigenvalue weighted by Gasteiger charge is 2.27. The summed E-state index contributed by atoms with van der Waals surface area (Å²) in [5, 5.41) is 25.0. The largest absolute Gasteiger partial charge is 0.415 e. The maximum absolute atomic E-state index is 13.9. The lowest BCUT2D eigenvalue weighted by atomic mass is 9.93. The number of piperidine rings is 1. The number of aromatic amines is 1. The number of amides is 4. The van der Waals surface area contributed by atoms with Crippen LogP contribution in [0, 0.1) is 5.92 Å². The van der Waals surface area contributed by atoms with Crippen molar-refractivity contribution in [1.29, 1.82) is 0 Å². The minimum Gasteiger partial charge on any atom is -0.356 e. The van der Waals surface area contributed by atoms with Crippen molar-refractivity contribution in [2.45, 2.75) is 51.9 Å². The van der Waals surface area contributed by atoms with Crippen molar-refractivity contribution in [3.05, 3.63) is 56.7 Å². The molecular weight excluding hydrogens is 661 g/mol. The number of nitrogens with one attached hydrogen (secondary N) is 4. The van der Waals surface area contributed by atoms with E-state index in [9.17, 15) is 19.2 Å². The van der Waals surface area contributed by atoms with Crippen molar-refractivity contribution < 1.29 is 18.9 Å². The summed E-state index contributed by atoms with van der Waals surface area (Å²) in [4.78, 5) is 63.6. The highest BCUT2D eigenvalue weighted by atomic mass is 32.1. The molecule has 1 fully saturated rings. The number of tetrazole rings is 1. The minimum atomic E-state index is -0.362. The quantitative estimate of drug-likeness (QED) is 0.133. The number of quaternary nitrogens is 1. The van der Waals surface area contributed by atoms with Gasteiger partial charge in [0.05, 0.1) is 32.4 Å². The average Bonchev–Trinajstić information content (AvgIpc) is 3.76. The van der Waals surface area contributed by atoms with Crippen LogP contribution in [0.1, 0.15) is 73.9 Å². The molecule has 266 valence electrons. The molecule has 4 aromatic heterocycles. The number of rotatable bonds is 11. The van der Waals surface area contributed by atoms with Gasteiger partial charge in [0, 0.05) is 55.2 Å². The van der Waals surface area contributed by atoms with Crippen LogP contribution in [0.2, 0.25) is 0 Å². The molecule has 0 radical (unpaired) electrons. The molecule has 4 aromatic rings. The molecule has 5 heterocycles. The van der Waals surface area contributed by atoms with Crippen LogP contribution >= 0.6 is 11.3 Å². The van der Waals surface area contributed by atoms with Crippen molar-refractivity contribution in [3.8, 4) is 0 Å². The number of carbonyl (C=O) groups is 3. The average molecular weight is 706 g/mol. The smallest absolute Gasteiger partial charge is 0.356 e. The van der Waals surface area contributed by atoms with E-state index in [-0.39, 0.29) is 39.2 Å². The number of pyridine rings is 1. The van der Waals surface area contributed by atoms with Gasteiger partial charge < -0.3 is 15.5 Å². The van der Waals surface area contributed by atoms with Gasteiger partial charge in [0.15, 0.2) is 11.0 Å². The van der Waals surface area contributed by atoms with E-state index in [0.29, 0.717) is 72.6 Å². The number of fused-ring (bicyclic) bond motifs is 1. The molecule has 0 saturated carbocycles. The fourth-order valence-corrected chi connectivity index (χ4v) is 6.35. The van der Waals surface area contributed by atoms with Crippen LogP contribution in [0.15, 0.2) is 28.5 Å². The summed E-state index contributed by atoms with van der Waals surface area (Å²) >= 11 is 1.36. The lowest BCUT2D eigenvalue weighted by molar-refractivity contribution is -0.787. The lowest BCUT2D eigenvalue weighted by Crippen LogP contribution is -2.48. The van der Waals surface area contributed by atoms with Gasteiger partial charge in [-0.25, -0.2) is 19.2 Å². The highest BCUT2D eigenvalue weighted by molar-refractivity contribution is 7.14. The Kier molecular flexibility index (Phi) is 11.1. The lowest BCUT2D eigenvalue weighted by Gasteiger charge is -2.34. The molecule has 1 aliphatic rings. The zero-order chi connectivity index (χ0) is 36.1. The molecule has 16 nitrogen and oxygen atoms in total. The van der Waals surface area contributed by atoms with E-state index in [0.717, 1.165) is 18.5 Å². The molecule has 4 N–H and O–H groups in total. The SMILES string of the molecule is CC(C)(C)c1csc(NC(=O)c2ccn3c(=O)c(/C=C/c4nn[nH]n4)c(N4CCCC(CC(=O)NCCCNC(=O)[N+](C)(C)C)C4)nc3c2)n1. The topological polar surface area (TPSA) is 192 Å². The summed E-state index contributed by atoms with van der Waals surface area (Å²) in [7, 11) is 5.39. The third kappa shape index (κ3) is 9.15. The molecule has 50 heavy (non-hydrogen) atoms. The standard InChI is InChI=1S/C33H44N12O4S/c1-33(2,3)24-20-50-31(36-24)38-29(47)22-12-16-44-26(18-22)37-28(23(30(44)48)10-11-25-39-41-42-40-25)43-15-7-9-21(19-43)17-27(46)34-13-8-14-35-32(49)45(4,5)6/h10-12,16,18,20-21H,7-9,13-15,17,19H2,1-6H3,(H3-,34,35,36,38,39,40,41,42,46,47,49)/p+1. The summed E-state index contributed by atoms with van der Waals surface area (Å²) < 4.78 is 1.58. The van der Waals surface area contributed by atoms with Crippen LogP contribution in [-0.4, -0.2) is 105 Å². The van der Waals surface area contributed by atoms with Gasteiger partial charge in [-0.05, 0) is 54.7 Å². The first-order valence-electron chi connectivity index (χ1n) is 16.6. The number of hydrogen-bond acceptors (Lipinski definition) is 11. The predicted molar refractivity (Wildman–Crippen MR) is 192 cm³/mol. The Morgan fingerprint density at radius 1 is 1.12 bits per heavy atom. The highest BCUT2D eigenvalue weighted by Crippen LogP contribution is 2.28. The van der Waals surface area contributed by atoms with Gasteiger partial charge in [0.1, 0.15) is 11.5 Å². The Balaban J connectivity index is 1.33. The Bertz CT molecular complexity index is 1920. The molecule has 1 atom stereocenters. The number of urea groups is 1. The predicted octanol–water partition coefficient (Wildman–Crippen LogP) is 2.91. The monoisotopic (exact) mass is 705 g/mol. The Morgan fingerprint density at radius 3 is 2.60 bits per heavy atom. The number of hydrogen-bond donors (Lipinski definition) is 4. The van der Waals surface area contributed by atoms with Gasteiger partial charge >= 0.3 is 6.03 Å². The number of thiazole rings is 1. The van der Waals surface area contributed by atoms with Crippen LogP contribution in [0.3, 0.4) is 0 Å². The second-order valence-electron chi connectivity index (χ2n) is 14.2. The fourth-order valence-electron chi connectivity index (χ4n) is 5.42. The summed E-state index contributed by atoms with van der Waals surface area (Å²) in [5.74, 6) is 0.349. The number of H-pyrrole nitrogens is 1. The molecule has 5 rings (SSSR count). The van der Waals surface area contributed by atoms with Gasteiger partial charge in [-0.1, -0.05) is 20.8 Å². The normalized spacial score (nSPS) is 15.4. The number of carbonyl (C=O) groups excluding carboxylic acids is 3. The van der Waals surface area contributed by atoms with E-state index in [1.165, 1.54) is 21.9 Å². The van der Waals surface area contributed by atoms with E-state index in [4.69, 9.17) is 4.98 Å². The second kappa shape index (κ2) is 15.2. The number of anilines is 2. The number of aromatic nitrogens is 7. The third-order valence-electron chi connectivity index (χ3n) is 8.22. The Morgan fingerprint density at radius 2 is 1.90 bits per heavy atom. The zero-order valence-corrected chi connectivity index (χ0v) is 30.1. The van der Waals surface area contributed by atoms with Crippen molar-refractivity contribution in [2.24, 2.45) is 5.92 Å². The molecule has 0 aliphatic carbocycles. The summed E-state index contributed by atoms with van der Waals surface area (Å²) in [5.41, 5.74) is 1.36. The minimum absolute atomic E-state index is 0.0318. The molecule has 1 unspecified atom stereocenters. The third-order valence-corrected chi connectivity index (χ3v) is 8.97. The van der Waals surface area contributed by atoms with Gasteiger partial charge in [-0.2, -0.15) is 5.21 Å². The van der Waals surface area contributed by atoms with Crippen LogP contribution in [-0.2, 0) is 10.2 Å². The molecule has 1 saturated heterocycles. The molecule has 0 aromatic carbocycles. The van der Waals surface area contributed by atoms with Crippen LogP contribution < -0.4 is 26.4 Å². The van der Waals surface area contributed by atoms with Crippen LogP contribution in [0.5, 0.6) is 0 Å². The summed E-state index contributed by atoms with van der Waals surface area (Å²) in [6.07, 6.45) is 7.33. The fraction of sp³-hybridized carbons (Fsp3) is 0.485. The molecule has 0 spiro atoms. The van der Waals surface area contributed by atoms with E-state index in [1.807, 2.05) is 10.3 Å². The van der Waals surface area contributed by atoms with E-state index in [1.54, 1.807) is 45.4 Å². The summed E-state index contributed by atoms with van der Waals surface area (Å²) in [6.45, 7) is 8.25. The van der Waals surface area contributed by atoms with E-state index in [2.05, 4.69) is 62.3 Å². The number of nitrogens with zero attached hydrogens (tertiary/aromatic N) is 8. The first-order valence-corrected chi connectivity index (χ1v) is 17.4. The van der Waals surface area contributed by atoms with E-state index >= 15 is 0 Å². The van der Waals surface area contributed by atoms with Gasteiger partial charge in [0.25, 0.3) is 11.5 Å². The zero-order valence-electron chi connectivity index (χ0n) is 29.3. The van der Waals surface area contributed by atoms with Gasteiger partial charge in [-0.15, -0.1) is 21.5 Å². The van der Waals surface area contributed by atoms with Gasteiger partial charge in [-0.3, -0.25) is 24.1 Å². The first kappa shape index (κ1) is 36.3. The summed E-state index contributed by atoms with van der Waals surface area (Å²) in [6, 6.07) is 3.07. The second-order valence-corrected chi connectivity index (χ2v) is 15.1. The Hall–Kier alpha value is -5.03. The van der Waals surface area contributed by atoms with Crippen LogP contribution in [0.25, 0.3) is 17.8 Å². The maximum Gasteiger partial charge on any atom is 0.415 e. The van der Waals surface area contributed by atoms with Crippen molar-refractivity contribution in [3.63, 3.8) is 0 Å². The van der Waals surface area contributed by atoms with Crippen molar-refractivity contribution in [2.75, 3.05) is 57.5 Å². The molecule has 0 bridgehead atoms. The molecule has 4 amide bonds. The van der Waals surface area contributed by atoms with Crippen LogP contribution in [0.4, 0.5) is 15.7 Å². The maximum atomic E-state index is 13.9. The molecule has 17 heteroatoms. The van der Waals surface area contributed by atoms with Crippen molar-refractivity contribution >= 4 is 57.9 Å². The first-order chi connectivity index (χ1) is 23.7. The molecular formula is C33H45N12O4S+.